The molecule has 1 fully saturated rings. The van der Waals surface area contributed by atoms with E-state index in [-0.39, 0.29) is 5.41 Å². The highest BCUT2D eigenvalue weighted by molar-refractivity contribution is 7.99. The Labute approximate surface area is 250 Å². The summed E-state index contributed by atoms with van der Waals surface area (Å²) in [4.78, 5) is 46.2. The number of piperazine rings is 1. The normalized spacial score (nSPS) is 17.1. The highest BCUT2D eigenvalue weighted by atomic mass is 32.2. The maximum atomic E-state index is 9.55. The Kier molecular flexibility index (Phi) is 13.0. The third-order valence-corrected chi connectivity index (χ3v) is 7.77. The minimum Gasteiger partial charge on any atom is -0.478 e. The fourth-order valence-corrected chi connectivity index (χ4v) is 5.44. The van der Waals surface area contributed by atoms with E-state index in [9.17, 15) is 19.2 Å². The Morgan fingerprint density at radius 3 is 1.74 bits per heavy atom. The molecular weight excluding hydrogens is 560 g/mol. The van der Waals surface area contributed by atoms with Gasteiger partial charge in [-0.2, -0.15) is 0 Å². The van der Waals surface area contributed by atoms with Gasteiger partial charge in [-0.05, 0) is 47.7 Å². The van der Waals surface area contributed by atoms with Gasteiger partial charge in [-0.15, -0.1) is 0 Å². The smallest absolute Gasteiger partial charge is 0.328 e. The summed E-state index contributed by atoms with van der Waals surface area (Å²) in [6, 6.07) is 16.7. The average molecular weight is 599 g/mol. The molecule has 2 aliphatic rings. The fourth-order valence-electron chi connectivity index (χ4n) is 4.32. The molecule has 0 aliphatic carbocycles. The highest BCUT2D eigenvalue weighted by Gasteiger charge is 2.30. The lowest BCUT2D eigenvalue weighted by Crippen LogP contribution is -2.46. The number of rotatable bonds is 5. The van der Waals surface area contributed by atoms with Gasteiger partial charge in [-0.1, -0.05) is 62.9 Å². The summed E-state index contributed by atoms with van der Waals surface area (Å²) >= 11 is 1.95. The summed E-state index contributed by atoms with van der Waals surface area (Å²) < 4.78 is 0. The van der Waals surface area contributed by atoms with Crippen molar-refractivity contribution in [3.05, 3.63) is 83.5 Å². The molecule has 2 aromatic carbocycles. The van der Waals surface area contributed by atoms with Crippen LogP contribution in [0.5, 0.6) is 0 Å². The van der Waals surface area contributed by atoms with Crippen LogP contribution in [0.15, 0.2) is 76.6 Å². The number of likely N-dealkylation sites (N-methyl/N-ethyl adjacent to an activating group) is 1. The van der Waals surface area contributed by atoms with Gasteiger partial charge in [0.15, 0.2) is 0 Å². The van der Waals surface area contributed by atoms with Gasteiger partial charge in [0, 0.05) is 66.3 Å². The minimum atomic E-state index is -1.26. The number of carbonyl (C=O) groups is 4. The zero-order valence-electron chi connectivity index (χ0n) is 24.2. The molecule has 0 saturated carbocycles. The molecule has 0 aromatic heterocycles. The van der Waals surface area contributed by atoms with Crippen LogP contribution in [0.4, 0.5) is 0 Å². The van der Waals surface area contributed by atoms with Gasteiger partial charge in [0.25, 0.3) is 0 Å². The first-order valence-electron chi connectivity index (χ1n) is 13.3. The topological polar surface area (TPSA) is 156 Å². The standard InChI is InChI=1S/C23H30N2S.2C4H4O4/c1-23(2,3)18-9-10-22-19(16-18)20(25-13-11-24(4)12-14-25)15-17-7-5-6-8-21(17)26-22;2*5-3(6)1-2-4(7)8/h5-10,16,20H,11-15H2,1-4H3;2*1-2H,(H,5,6)(H,7,8)/b;2*2-1+. The van der Waals surface area contributed by atoms with E-state index >= 15 is 0 Å². The third-order valence-electron chi connectivity index (χ3n) is 6.56. The molecule has 2 aliphatic heterocycles. The predicted octanol–water partition coefficient (Wildman–Crippen LogP) is 4.40. The van der Waals surface area contributed by atoms with Crippen molar-refractivity contribution in [3.8, 4) is 0 Å². The van der Waals surface area contributed by atoms with Crippen molar-refractivity contribution in [3.63, 3.8) is 0 Å². The van der Waals surface area contributed by atoms with Crippen LogP contribution in [-0.2, 0) is 31.0 Å². The van der Waals surface area contributed by atoms with Crippen LogP contribution < -0.4 is 0 Å². The first kappa shape index (κ1) is 34.3. The van der Waals surface area contributed by atoms with E-state index in [0.29, 0.717) is 30.3 Å². The maximum Gasteiger partial charge on any atom is 0.328 e. The number of benzene rings is 2. The largest absolute Gasteiger partial charge is 0.478 e. The average Bonchev–Trinajstić information content (AvgIpc) is 3.08. The lowest BCUT2D eigenvalue weighted by molar-refractivity contribution is -0.134. The van der Waals surface area contributed by atoms with Crippen molar-refractivity contribution in [1.82, 2.24) is 9.80 Å². The lowest BCUT2D eigenvalue weighted by atomic mass is 9.84. The second-order valence-corrected chi connectivity index (χ2v) is 11.9. The van der Waals surface area contributed by atoms with Crippen LogP contribution in [-0.4, -0.2) is 87.3 Å². The van der Waals surface area contributed by atoms with E-state index in [0.717, 1.165) is 19.5 Å². The van der Waals surface area contributed by atoms with Crippen LogP contribution in [0.2, 0.25) is 0 Å². The number of carboxylic acid groups (broad SMARTS) is 4. The lowest BCUT2D eigenvalue weighted by Gasteiger charge is -2.38. The van der Waals surface area contributed by atoms with Crippen LogP contribution in [0, 0.1) is 0 Å². The molecule has 10 nitrogen and oxygen atoms in total. The highest BCUT2D eigenvalue weighted by Crippen LogP contribution is 2.44. The van der Waals surface area contributed by atoms with Gasteiger partial charge < -0.3 is 25.3 Å². The molecule has 1 unspecified atom stereocenters. The van der Waals surface area contributed by atoms with E-state index in [4.69, 9.17) is 20.4 Å². The Balaban J connectivity index is 0.000000319. The Morgan fingerprint density at radius 1 is 0.762 bits per heavy atom. The Bertz CT molecular complexity index is 1260. The molecule has 0 radical (unpaired) electrons. The molecule has 1 atom stereocenters. The first-order chi connectivity index (χ1) is 19.7. The van der Waals surface area contributed by atoms with Crippen molar-refractivity contribution >= 4 is 35.6 Å². The van der Waals surface area contributed by atoms with Gasteiger partial charge in [0.05, 0.1) is 0 Å². The third kappa shape index (κ3) is 11.5. The summed E-state index contributed by atoms with van der Waals surface area (Å²) in [6.07, 6.45) is 3.35. The molecule has 0 bridgehead atoms. The van der Waals surface area contributed by atoms with Crippen molar-refractivity contribution in [2.45, 2.75) is 48.4 Å². The van der Waals surface area contributed by atoms with Crippen LogP contribution in [0.25, 0.3) is 0 Å². The molecule has 11 heteroatoms. The second-order valence-electron chi connectivity index (χ2n) is 10.8. The minimum absolute atomic E-state index is 0.186. The monoisotopic (exact) mass is 598 g/mol. The predicted molar refractivity (Wildman–Crippen MR) is 160 cm³/mol. The number of nitrogens with zero attached hydrogens (tertiary/aromatic N) is 2. The van der Waals surface area contributed by atoms with E-state index in [2.05, 4.69) is 80.1 Å². The van der Waals surface area contributed by atoms with E-state index in [1.165, 1.54) is 39.6 Å². The Hall–Kier alpha value is -3.93. The zero-order valence-corrected chi connectivity index (χ0v) is 25.0. The summed E-state index contributed by atoms with van der Waals surface area (Å²) in [6.45, 7) is 11.6. The Morgan fingerprint density at radius 2 is 1.26 bits per heavy atom. The fraction of sp³-hybridized carbons (Fsp3) is 0.355. The first-order valence-corrected chi connectivity index (χ1v) is 14.1. The zero-order chi connectivity index (χ0) is 31.4. The van der Waals surface area contributed by atoms with E-state index in [1.54, 1.807) is 0 Å². The molecule has 4 rings (SSSR count). The van der Waals surface area contributed by atoms with Crippen LogP contribution >= 0.6 is 11.8 Å². The quantitative estimate of drug-likeness (QED) is 0.362. The van der Waals surface area contributed by atoms with Crippen molar-refractivity contribution < 1.29 is 39.6 Å². The van der Waals surface area contributed by atoms with Crippen molar-refractivity contribution in [1.29, 1.82) is 0 Å². The summed E-state index contributed by atoms with van der Waals surface area (Å²) in [5, 5.41) is 31.2. The molecule has 1 saturated heterocycles. The molecule has 0 spiro atoms. The number of hydrogen-bond acceptors (Lipinski definition) is 7. The van der Waals surface area contributed by atoms with Gasteiger partial charge in [-0.25, -0.2) is 19.2 Å². The van der Waals surface area contributed by atoms with Gasteiger partial charge in [-0.3, -0.25) is 4.90 Å². The molecule has 2 aromatic rings. The SMILES string of the molecule is CN1CCN(C2Cc3ccccc3Sc3ccc(C(C)(C)C)cc32)CC1.O=C(O)/C=C/C(=O)O.O=C(O)/C=C/C(=O)O. The van der Waals surface area contributed by atoms with Gasteiger partial charge in [0.2, 0.25) is 0 Å². The van der Waals surface area contributed by atoms with Crippen LogP contribution in [0.1, 0.15) is 43.5 Å². The summed E-state index contributed by atoms with van der Waals surface area (Å²) in [5.41, 5.74) is 4.66. The molecule has 2 heterocycles. The number of fused-ring (bicyclic) bond motifs is 2. The van der Waals surface area contributed by atoms with Crippen LogP contribution in [0.3, 0.4) is 0 Å². The molecular formula is C31H38N2O8S. The van der Waals surface area contributed by atoms with Gasteiger partial charge in [0.1, 0.15) is 0 Å². The maximum absolute atomic E-state index is 9.55. The van der Waals surface area contributed by atoms with Gasteiger partial charge >= 0.3 is 23.9 Å². The summed E-state index contributed by atoms with van der Waals surface area (Å²) in [5.74, 6) is -5.03. The molecule has 0 amide bonds. The molecule has 226 valence electrons. The number of hydrogen-bond donors (Lipinski definition) is 4. The summed E-state index contributed by atoms with van der Waals surface area (Å²) in [7, 11) is 2.24. The number of aliphatic carboxylic acids is 4. The molecule has 42 heavy (non-hydrogen) atoms. The van der Waals surface area contributed by atoms with Crippen molar-refractivity contribution in [2.24, 2.45) is 0 Å². The second kappa shape index (κ2) is 15.9. The van der Waals surface area contributed by atoms with Crippen molar-refractivity contribution in [2.75, 3.05) is 33.2 Å². The molecule has 4 N–H and O–H groups in total. The number of carboxylic acids is 4. The van der Waals surface area contributed by atoms with E-state index < -0.39 is 23.9 Å². The van der Waals surface area contributed by atoms with E-state index in [1.807, 2.05) is 11.8 Å².